The molecule has 3 atom stereocenters. The monoisotopic (exact) mass is 355 g/mol. The fourth-order valence-corrected chi connectivity index (χ4v) is 1.65. The number of nitrogen functional groups attached to an aromatic ring is 1. The van der Waals surface area contributed by atoms with Gasteiger partial charge in [-0.1, -0.05) is 0 Å². The summed E-state index contributed by atoms with van der Waals surface area (Å²) in [6.45, 7) is -4.23. The molecule has 0 unspecified atom stereocenters. The van der Waals surface area contributed by atoms with E-state index in [9.17, 15) is 14.4 Å². The molecule has 1 saturated heterocycles. The number of aromatic nitrogens is 4. The van der Waals surface area contributed by atoms with Crippen molar-refractivity contribution in [2.45, 2.75) is 24.7 Å². The number of anilines is 1. The summed E-state index contributed by atoms with van der Waals surface area (Å²) >= 11 is 0. The van der Waals surface area contributed by atoms with E-state index in [0.29, 0.717) is 0 Å². The van der Waals surface area contributed by atoms with Gasteiger partial charge in [-0.2, -0.15) is 0 Å². The van der Waals surface area contributed by atoms with Crippen LogP contribution < -0.4 is 53.2 Å². The number of nitrogens with two attached hydrogens (primary N) is 1. The van der Waals surface area contributed by atoms with Gasteiger partial charge in [0.2, 0.25) is 1.43 Å². The number of fused-ring (bicyclic) bond motifs is 1. The molecule has 120 valence electrons. The van der Waals surface area contributed by atoms with Crippen molar-refractivity contribution in [3.05, 3.63) is 12.6 Å². The molecule has 11 nitrogen and oxygen atoms in total. The van der Waals surface area contributed by atoms with Crippen LogP contribution in [-0.2, 0) is 13.8 Å². The third-order valence-corrected chi connectivity index (χ3v) is 2.60. The summed E-state index contributed by atoms with van der Waals surface area (Å²) in [5.74, 6) is -0.715. The van der Waals surface area contributed by atoms with Crippen molar-refractivity contribution in [1.29, 1.82) is 1.43 Å². The molecule has 14 heteroatoms. The van der Waals surface area contributed by atoms with Crippen molar-refractivity contribution in [3.8, 4) is 0 Å². The maximum absolute atomic E-state index is 11.0. The number of aliphatic hydroxyl groups is 1. The fourth-order valence-electron chi connectivity index (χ4n) is 1.46. The van der Waals surface area contributed by atoms with Crippen LogP contribution in [0.25, 0.3) is 11.2 Å². The van der Waals surface area contributed by atoms with Gasteiger partial charge in [0.15, 0.2) is 14.3 Å². The Morgan fingerprint density at radius 2 is 2.50 bits per heavy atom. The zero-order chi connectivity index (χ0) is 26.3. The molecule has 0 radical (unpaired) electrons. The van der Waals surface area contributed by atoms with Crippen molar-refractivity contribution in [1.82, 2.24) is 19.5 Å². The Balaban J connectivity index is 0.00000324. The minimum Gasteiger partial charge on any atom is -0.790 e. The molecule has 0 bridgehead atoms. The largest absolute Gasteiger partial charge is 1.00 e. The van der Waals surface area contributed by atoms with Gasteiger partial charge in [0, 0.05) is 9.11 Å². The van der Waals surface area contributed by atoms with E-state index in [1.54, 1.807) is 0 Å². The molecule has 1 aliphatic heterocycles. The first kappa shape index (κ1) is 9.49. The zero-order valence-electron chi connectivity index (χ0n) is 24.1. The predicted octanol–water partition coefficient (Wildman–Crippen LogP) is -8.09. The first-order valence-corrected chi connectivity index (χ1v) is 6.74. The molecule has 0 amide bonds. The molecule has 0 spiro atoms. The molecular weight excluding hydrogens is 331 g/mol. The molecule has 0 aliphatic carbocycles. The molecule has 3 rings (SSSR count). The quantitative estimate of drug-likeness (QED) is 0.374. The normalized spacial score (nSPS) is 42.6. The van der Waals surface area contributed by atoms with Crippen LogP contribution in [0.2, 0.25) is 2.82 Å². The summed E-state index contributed by atoms with van der Waals surface area (Å²) in [6.07, 6.45) is -17.7. The molecule has 1 aliphatic rings. The summed E-state index contributed by atoms with van der Waals surface area (Å²) in [4.78, 5) is 32.6. The van der Waals surface area contributed by atoms with Crippen molar-refractivity contribution < 1.29 is 81.6 Å². The van der Waals surface area contributed by atoms with Gasteiger partial charge in [0.25, 0.3) is 0 Å². The van der Waals surface area contributed by atoms with Crippen molar-refractivity contribution in [2.75, 3.05) is 12.3 Å². The van der Waals surface area contributed by atoms with Crippen LogP contribution in [0.5, 0.6) is 0 Å². The Morgan fingerprint density at radius 1 is 1.71 bits per heavy atom. The van der Waals surface area contributed by atoms with E-state index in [0.717, 1.165) is 0 Å². The number of imidazole rings is 1. The maximum Gasteiger partial charge on any atom is 1.00 e. The number of phosphoric ester groups is 1. The zero-order valence-corrected chi connectivity index (χ0v) is 13.0. The van der Waals surface area contributed by atoms with E-state index < -0.39 is 68.7 Å². The first-order chi connectivity index (χ1) is 15.2. The van der Waals surface area contributed by atoms with Crippen LogP contribution in [0.3, 0.4) is 0 Å². The summed E-state index contributed by atoms with van der Waals surface area (Å²) in [6, 6.07) is 0. The number of ether oxygens (including phenoxy) is 1. The minimum absolute atomic E-state index is 0. The Hall–Kier alpha value is -0.425. The summed E-state index contributed by atoms with van der Waals surface area (Å²) in [5, 5.41) is 3.92. The second-order valence-electron chi connectivity index (χ2n) is 3.70. The summed E-state index contributed by atoms with van der Waals surface area (Å²) in [7, 11) is -6.27. The van der Waals surface area contributed by atoms with E-state index in [4.69, 9.17) is 21.3 Å². The second kappa shape index (κ2) is 8.30. The number of nitrogens with zero attached hydrogens (tertiary/aromatic N) is 4. The van der Waals surface area contributed by atoms with Gasteiger partial charge in [0.1, 0.15) is 26.8 Å². The minimum atomic E-state index is -6.27. The van der Waals surface area contributed by atoms with Gasteiger partial charge in [-0.05, 0) is 0 Å². The van der Waals surface area contributed by atoms with Crippen molar-refractivity contribution >= 4 is 24.8 Å². The second-order valence-corrected chi connectivity index (χ2v) is 4.77. The Labute approximate surface area is 177 Å². The average molecular weight is 355 g/mol. The number of hydrogen-bond acceptors (Lipinski definition) is 10. The fraction of sp³-hybridized carbons (Fsp3) is 0.500. The Morgan fingerprint density at radius 3 is 3.17 bits per heavy atom. The number of rotatable bonds is 6. The molecule has 2 aromatic heterocycles. The molecule has 0 aromatic carbocycles. The standard InChI is InChI=1S/C10H14N5O6P.2Li/c11-9-8-10(13-3-12-9)15(4-14-8)7-1-5(16)6(21-7)2-20-22(17,18)19;;/h3-7,16H,1-2H2,(H2,11,12,13)(H2,17,18,19);;/q;2*+1/p-2/t5-,6+,7+;;/m0../s1/i1D2,2D2,3D,4D,5D,6D,7D,16D;;/hD2. The summed E-state index contributed by atoms with van der Waals surface area (Å²) < 4.78 is 114. The predicted molar refractivity (Wildman–Crippen MR) is 67.8 cm³/mol. The van der Waals surface area contributed by atoms with Crippen LogP contribution in [0.1, 0.15) is 24.9 Å². The molecule has 3 N–H and O–H groups in total. The smallest absolute Gasteiger partial charge is 0.790 e. The van der Waals surface area contributed by atoms with Crippen LogP contribution >= 0.6 is 7.82 Å². The number of hydrogen-bond donors (Lipinski definition) is 2. The molecule has 3 heterocycles. The van der Waals surface area contributed by atoms with E-state index in [1.807, 2.05) is 0 Å². The van der Waals surface area contributed by atoms with Gasteiger partial charge >= 0.3 is 37.7 Å². The average Bonchev–Trinajstić information content (AvgIpc) is 3.04. The molecule has 1 fully saturated rings. The Bertz CT molecular complexity index is 1210. The van der Waals surface area contributed by atoms with E-state index in [1.165, 1.54) is 0 Å². The van der Waals surface area contributed by atoms with Crippen LogP contribution in [0.15, 0.2) is 12.6 Å². The van der Waals surface area contributed by atoms with Gasteiger partial charge in [-0.25, -0.2) is 15.0 Å². The molecular formula is C10H12Li2N5O6P. The van der Waals surface area contributed by atoms with Crippen molar-refractivity contribution in [3.63, 3.8) is 0 Å². The van der Waals surface area contributed by atoms with Gasteiger partial charge < -0.3 is 34.4 Å². The van der Waals surface area contributed by atoms with Gasteiger partial charge in [0.05, 0.1) is 33.6 Å². The maximum atomic E-state index is 11.0. The third kappa shape index (κ3) is 4.60. The van der Waals surface area contributed by atoms with Crippen LogP contribution in [0.4, 0.5) is 5.82 Å². The SMILES string of the molecule is [2H]O[C@@]1([2H])C([2H])([2H])[C@]([2H])(n2c([2H])nc3c(N([2H])[2H])nc([2H])nc32)O[C@]1([2H])C([2H])([2H])OP(=O)([O-])[O-].[Li+].[Li+]. The van der Waals surface area contributed by atoms with Crippen molar-refractivity contribution in [2.24, 2.45) is 0 Å². The van der Waals surface area contributed by atoms with E-state index in [2.05, 4.69) is 24.6 Å². The van der Waals surface area contributed by atoms with E-state index in [-0.39, 0.29) is 48.0 Å². The molecule has 0 saturated carbocycles. The third-order valence-electron chi connectivity index (χ3n) is 2.29. The Kier molecular flexibility index (Phi) is 3.28. The topological polar surface area (TPSA) is 172 Å². The molecule has 2 aromatic rings. The van der Waals surface area contributed by atoms with E-state index >= 15 is 0 Å². The van der Waals surface area contributed by atoms with Crippen LogP contribution in [0, 0.1) is 0 Å². The molecule has 24 heavy (non-hydrogen) atoms. The summed E-state index contributed by atoms with van der Waals surface area (Å²) in [5.41, 5.74) is -1.59. The van der Waals surface area contributed by atoms with Crippen LogP contribution in [-0.4, -0.2) is 44.8 Å². The van der Waals surface area contributed by atoms with Gasteiger partial charge in [-0.3, -0.25) is 4.57 Å². The van der Waals surface area contributed by atoms with Gasteiger partial charge in [-0.15, -0.1) is 0 Å². The number of phosphoric acid groups is 1. The first-order valence-electron chi connectivity index (χ1n) is 11.1.